The predicted octanol–water partition coefficient (Wildman–Crippen LogP) is 7.04. The molecule has 7 heteroatoms. The molecule has 0 aromatic heterocycles. The van der Waals surface area contributed by atoms with Crippen molar-refractivity contribution in [2.24, 2.45) is 0 Å². The van der Waals surface area contributed by atoms with Crippen molar-refractivity contribution < 1.29 is 28.5 Å². The lowest BCUT2D eigenvalue weighted by atomic mass is 9.98. The fourth-order valence-corrected chi connectivity index (χ4v) is 10.8. The highest BCUT2D eigenvalue weighted by atomic mass is 28.4. The average Bonchev–Trinajstić information content (AvgIpc) is 3.18. The monoisotopic (exact) mass is 688 g/mol. The van der Waals surface area contributed by atoms with Gasteiger partial charge in [0.15, 0.2) is 6.29 Å². The van der Waals surface area contributed by atoms with Gasteiger partial charge in [0.05, 0.1) is 26.4 Å². The van der Waals surface area contributed by atoms with Gasteiger partial charge in [-0.1, -0.05) is 171 Å². The van der Waals surface area contributed by atoms with Crippen LogP contribution in [0, 0.1) is 0 Å². The van der Waals surface area contributed by atoms with Gasteiger partial charge in [-0.25, -0.2) is 0 Å². The molecule has 1 fully saturated rings. The summed E-state index contributed by atoms with van der Waals surface area (Å²) in [5.74, 6) is 0. The third kappa shape index (κ3) is 9.24. The summed E-state index contributed by atoms with van der Waals surface area (Å²) in [6.45, 7) is 3.39. The molecule has 260 valence electrons. The number of rotatable bonds is 17. The Bertz CT molecular complexity index is 1620. The highest BCUT2D eigenvalue weighted by Crippen LogP contribution is 2.31. The summed E-state index contributed by atoms with van der Waals surface area (Å²) in [5.41, 5.74) is 3.04. The number of hydrogen-bond donors (Lipinski definition) is 1. The minimum absolute atomic E-state index is 0.215. The molecule has 0 amide bonds. The van der Waals surface area contributed by atoms with E-state index in [4.69, 9.17) is 23.4 Å². The number of benzene rings is 5. The highest BCUT2D eigenvalue weighted by Gasteiger charge is 2.49. The molecule has 5 aromatic rings. The van der Waals surface area contributed by atoms with Gasteiger partial charge in [0, 0.05) is 0 Å². The molecule has 0 aliphatic carbocycles. The van der Waals surface area contributed by atoms with Crippen molar-refractivity contribution in [3.8, 4) is 0 Å². The van der Waals surface area contributed by atoms with Crippen LogP contribution in [0.2, 0.25) is 6.04 Å². The van der Waals surface area contributed by atoms with Crippen LogP contribution in [0.4, 0.5) is 0 Å². The van der Waals surface area contributed by atoms with Crippen LogP contribution in [0.15, 0.2) is 152 Å². The number of hydrogen-bond acceptors (Lipinski definition) is 6. The Morgan fingerprint density at radius 1 is 0.540 bits per heavy atom. The Balaban J connectivity index is 1.34. The van der Waals surface area contributed by atoms with Gasteiger partial charge in [-0.3, -0.25) is 0 Å². The molecule has 50 heavy (non-hydrogen) atoms. The topological polar surface area (TPSA) is 66.4 Å². The molecule has 0 bridgehead atoms. The molecular formula is C43H48O6Si. The van der Waals surface area contributed by atoms with Crippen LogP contribution in [0.3, 0.4) is 0 Å². The van der Waals surface area contributed by atoms with E-state index in [1.165, 1.54) is 10.4 Å². The molecule has 5 aromatic carbocycles. The number of unbranched alkanes of at least 4 members (excludes halogenated alkanes) is 1. The van der Waals surface area contributed by atoms with Crippen molar-refractivity contribution >= 4 is 18.7 Å². The number of ether oxygens (including phenoxy) is 4. The third-order valence-corrected chi connectivity index (χ3v) is 13.6. The van der Waals surface area contributed by atoms with Crippen LogP contribution in [-0.4, -0.2) is 50.7 Å². The molecule has 0 unspecified atom stereocenters. The lowest BCUT2D eigenvalue weighted by Gasteiger charge is -2.45. The van der Waals surface area contributed by atoms with Gasteiger partial charge < -0.3 is 28.5 Å². The Kier molecular flexibility index (Phi) is 13.2. The van der Waals surface area contributed by atoms with Crippen molar-refractivity contribution in [3.63, 3.8) is 0 Å². The first-order valence-electron chi connectivity index (χ1n) is 17.7. The van der Waals surface area contributed by atoms with E-state index in [1.807, 2.05) is 103 Å². The van der Waals surface area contributed by atoms with Crippen LogP contribution in [0.5, 0.6) is 0 Å². The highest BCUT2D eigenvalue weighted by molar-refractivity contribution is 6.97. The van der Waals surface area contributed by atoms with Gasteiger partial charge in [0.1, 0.15) is 24.4 Å². The fraction of sp³-hybridized carbons (Fsp3) is 0.302. The molecule has 1 aliphatic heterocycles. The summed E-state index contributed by atoms with van der Waals surface area (Å²) < 4.78 is 33.6. The quantitative estimate of drug-likeness (QED) is 0.106. The Labute approximate surface area is 297 Å². The first-order chi connectivity index (χ1) is 24.7. The molecule has 1 aliphatic rings. The molecule has 0 spiro atoms. The smallest absolute Gasteiger partial charge is 0.255 e. The van der Waals surface area contributed by atoms with Crippen molar-refractivity contribution in [1.82, 2.24) is 0 Å². The van der Waals surface area contributed by atoms with E-state index in [9.17, 15) is 5.11 Å². The maximum absolute atomic E-state index is 11.7. The van der Waals surface area contributed by atoms with E-state index in [-0.39, 0.29) is 6.61 Å². The van der Waals surface area contributed by atoms with Crippen LogP contribution in [0.1, 0.15) is 36.5 Å². The second-order valence-electron chi connectivity index (χ2n) is 12.8. The molecule has 1 heterocycles. The van der Waals surface area contributed by atoms with Crippen molar-refractivity contribution in [2.45, 2.75) is 76.3 Å². The van der Waals surface area contributed by atoms with Crippen molar-refractivity contribution in [1.29, 1.82) is 0 Å². The molecule has 0 radical (unpaired) electrons. The lowest BCUT2D eigenvalue weighted by Crippen LogP contribution is -2.65. The molecule has 5 atom stereocenters. The van der Waals surface area contributed by atoms with Crippen LogP contribution >= 0.6 is 0 Å². The van der Waals surface area contributed by atoms with Gasteiger partial charge in [0.2, 0.25) is 0 Å². The molecule has 6 nitrogen and oxygen atoms in total. The van der Waals surface area contributed by atoms with Gasteiger partial charge in [-0.2, -0.15) is 0 Å². The van der Waals surface area contributed by atoms with E-state index < -0.39 is 39.0 Å². The summed E-state index contributed by atoms with van der Waals surface area (Å²) in [7, 11) is -2.75. The maximum Gasteiger partial charge on any atom is 0.255 e. The first-order valence-corrected chi connectivity index (χ1v) is 19.8. The van der Waals surface area contributed by atoms with E-state index in [1.54, 1.807) is 0 Å². The lowest BCUT2D eigenvalue weighted by molar-refractivity contribution is -0.314. The molecule has 6 rings (SSSR count). The molecule has 1 saturated heterocycles. The second kappa shape index (κ2) is 18.4. The molecular weight excluding hydrogens is 641 g/mol. The van der Waals surface area contributed by atoms with E-state index in [2.05, 4.69) is 55.5 Å². The number of aliphatic hydroxyl groups excluding tert-OH is 1. The first kappa shape index (κ1) is 35.9. The zero-order chi connectivity index (χ0) is 34.4. The summed E-state index contributed by atoms with van der Waals surface area (Å²) in [4.78, 5) is 0. The summed E-state index contributed by atoms with van der Waals surface area (Å²) >= 11 is 0. The standard InChI is InChI=1S/C43H48O6Si/c1-2-3-29-50(37-25-15-7-16-26-37,38-27-17-8-18-28-38)48-33-39-40(45-30-34-19-9-4-10-20-34)41(46-31-35-21-11-5-12-22-35)42(43(44)49-39)47-32-36-23-13-6-14-24-36/h4-28,39-44H,2-3,29-33H2,1H3/t39-,40-,41+,42-,43+/m1/s1. The SMILES string of the molecule is CCCC[Si](OC[C@H]1O[C@H](O)[C@H](OCc2ccccc2)[C@@H](OCc2ccccc2)[C@@H]1OCc1ccccc1)(c1ccccc1)c1ccccc1. The van der Waals surface area contributed by atoms with Gasteiger partial charge in [-0.05, 0) is 33.1 Å². The zero-order valence-electron chi connectivity index (χ0n) is 28.8. The normalized spacial score (nSPS) is 20.8. The Hall–Kier alpha value is -3.92. The minimum Gasteiger partial charge on any atom is -0.405 e. The summed E-state index contributed by atoms with van der Waals surface area (Å²) in [6, 6.07) is 52.2. The van der Waals surface area contributed by atoms with E-state index in [0.29, 0.717) is 19.8 Å². The second-order valence-corrected chi connectivity index (χ2v) is 16.4. The van der Waals surface area contributed by atoms with Crippen LogP contribution in [0.25, 0.3) is 0 Å². The third-order valence-electron chi connectivity index (χ3n) is 9.32. The zero-order valence-corrected chi connectivity index (χ0v) is 29.8. The largest absolute Gasteiger partial charge is 0.405 e. The van der Waals surface area contributed by atoms with E-state index >= 15 is 0 Å². The van der Waals surface area contributed by atoms with Crippen molar-refractivity contribution in [2.75, 3.05) is 6.61 Å². The summed E-state index contributed by atoms with van der Waals surface area (Å²) in [6.07, 6.45) is -1.88. The fourth-order valence-electron chi connectivity index (χ4n) is 6.66. The molecule has 0 saturated carbocycles. The van der Waals surface area contributed by atoms with Gasteiger partial charge in [-0.15, -0.1) is 0 Å². The maximum atomic E-state index is 11.7. The number of aliphatic hydroxyl groups is 1. The van der Waals surface area contributed by atoms with Gasteiger partial charge in [0.25, 0.3) is 8.32 Å². The van der Waals surface area contributed by atoms with Crippen LogP contribution in [-0.2, 0) is 43.2 Å². The molecule has 1 N–H and O–H groups in total. The van der Waals surface area contributed by atoms with E-state index in [0.717, 1.165) is 35.6 Å². The average molecular weight is 689 g/mol. The van der Waals surface area contributed by atoms with Gasteiger partial charge >= 0.3 is 0 Å². The summed E-state index contributed by atoms with van der Waals surface area (Å²) in [5, 5.41) is 14.1. The minimum atomic E-state index is -2.75. The van der Waals surface area contributed by atoms with Crippen LogP contribution < -0.4 is 10.4 Å². The Morgan fingerprint density at radius 2 is 0.940 bits per heavy atom. The Morgan fingerprint density at radius 3 is 1.38 bits per heavy atom. The van der Waals surface area contributed by atoms with Crippen molar-refractivity contribution in [3.05, 3.63) is 168 Å². The predicted molar refractivity (Wildman–Crippen MR) is 200 cm³/mol.